The zero-order valence-electron chi connectivity index (χ0n) is 37.4. The molecule has 69 heavy (non-hydrogen) atoms. The lowest BCUT2D eigenvalue weighted by Crippen LogP contribution is -2.25. The Morgan fingerprint density at radius 1 is 0.261 bits per heavy atom. The van der Waals surface area contributed by atoms with E-state index in [1.165, 1.54) is 147 Å². The molecule has 0 saturated carbocycles. The van der Waals surface area contributed by atoms with Crippen LogP contribution in [0.1, 0.15) is 22.3 Å². The van der Waals surface area contributed by atoms with Gasteiger partial charge in [-0.2, -0.15) is 0 Å². The van der Waals surface area contributed by atoms with Gasteiger partial charge in [-0.1, -0.05) is 182 Å². The fourth-order valence-corrected chi connectivity index (χ4v) is 14.0. The van der Waals surface area contributed by atoms with Gasteiger partial charge in [0.15, 0.2) is 0 Å². The topological polar surface area (TPSA) is 4.93 Å². The molecule has 0 saturated heterocycles. The maximum Gasteiger partial charge on any atom is 0.0725 e. The third-order valence-electron chi connectivity index (χ3n) is 15.8. The van der Waals surface area contributed by atoms with Crippen molar-refractivity contribution < 1.29 is 0 Å². The summed E-state index contributed by atoms with van der Waals surface area (Å²) in [4.78, 5) is 0. The average molecular weight is 890 g/mol. The van der Waals surface area contributed by atoms with Gasteiger partial charge in [-0.05, 0) is 154 Å². The van der Waals surface area contributed by atoms with Gasteiger partial charge in [0.25, 0.3) is 0 Å². The molecule has 0 unspecified atom stereocenters. The molecule has 2 heterocycles. The largest absolute Gasteiger partial charge is 0.309 e. The number of aromatic nitrogens is 1. The van der Waals surface area contributed by atoms with Crippen molar-refractivity contribution in [3.8, 4) is 50.2 Å². The summed E-state index contributed by atoms with van der Waals surface area (Å²) in [5, 5.41) is 12.9. The van der Waals surface area contributed by atoms with Gasteiger partial charge in [-0.15, -0.1) is 11.3 Å². The molecule has 318 valence electrons. The van der Waals surface area contributed by atoms with Crippen LogP contribution in [-0.2, 0) is 5.41 Å². The molecule has 12 aromatic carbocycles. The van der Waals surface area contributed by atoms with Crippen molar-refractivity contribution in [3.05, 3.63) is 259 Å². The van der Waals surface area contributed by atoms with Gasteiger partial charge in [0.2, 0.25) is 0 Å². The van der Waals surface area contributed by atoms with Crippen molar-refractivity contribution in [3.63, 3.8) is 0 Å². The van der Waals surface area contributed by atoms with Crippen molar-refractivity contribution in [2.45, 2.75) is 5.41 Å². The molecule has 0 bridgehead atoms. The Morgan fingerprint density at radius 2 is 0.710 bits per heavy atom. The summed E-state index contributed by atoms with van der Waals surface area (Å²) in [5.74, 6) is 0. The van der Waals surface area contributed by atoms with Crippen LogP contribution < -0.4 is 0 Å². The maximum absolute atomic E-state index is 2.50. The summed E-state index contributed by atoms with van der Waals surface area (Å²) in [7, 11) is 0. The van der Waals surface area contributed by atoms with Gasteiger partial charge in [-0.25, -0.2) is 0 Å². The van der Waals surface area contributed by atoms with E-state index in [-0.39, 0.29) is 5.41 Å². The predicted molar refractivity (Wildman–Crippen MR) is 293 cm³/mol. The van der Waals surface area contributed by atoms with E-state index in [4.69, 9.17) is 0 Å². The highest BCUT2D eigenvalue weighted by Crippen LogP contribution is 2.63. The smallest absolute Gasteiger partial charge is 0.0725 e. The van der Waals surface area contributed by atoms with Crippen LogP contribution in [0.15, 0.2) is 237 Å². The lowest BCUT2D eigenvalue weighted by molar-refractivity contribution is 0.794. The lowest BCUT2D eigenvalue weighted by Gasteiger charge is -2.30. The zero-order valence-corrected chi connectivity index (χ0v) is 38.2. The Bertz CT molecular complexity index is 4460. The van der Waals surface area contributed by atoms with Crippen LogP contribution in [0.2, 0.25) is 0 Å². The van der Waals surface area contributed by atoms with E-state index < -0.39 is 0 Å². The predicted octanol–water partition coefficient (Wildman–Crippen LogP) is 18.3. The molecule has 2 aliphatic rings. The Labute approximate surface area is 402 Å². The number of hydrogen-bond donors (Lipinski definition) is 0. The van der Waals surface area contributed by atoms with Gasteiger partial charge in [-0.3, -0.25) is 0 Å². The second kappa shape index (κ2) is 13.8. The highest BCUT2D eigenvalue weighted by Gasteiger charge is 2.51. The van der Waals surface area contributed by atoms with Crippen LogP contribution >= 0.6 is 11.3 Å². The quantitative estimate of drug-likeness (QED) is 0.156. The van der Waals surface area contributed by atoms with E-state index in [0.717, 1.165) is 0 Å². The van der Waals surface area contributed by atoms with Gasteiger partial charge < -0.3 is 4.57 Å². The zero-order chi connectivity index (χ0) is 45.0. The van der Waals surface area contributed by atoms with Crippen molar-refractivity contribution in [1.82, 2.24) is 4.57 Å². The molecule has 1 nitrogen and oxygen atoms in total. The van der Waals surface area contributed by atoms with Crippen molar-refractivity contribution in [2.24, 2.45) is 0 Å². The number of rotatable bonds is 3. The van der Waals surface area contributed by atoms with Gasteiger partial charge in [0.05, 0.1) is 16.4 Å². The molecule has 2 aliphatic carbocycles. The first-order valence-electron chi connectivity index (χ1n) is 24.0. The molecule has 1 spiro atoms. The van der Waals surface area contributed by atoms with Crippen molar-refractivity contribution >= 4 is 85.6 Å². The van der Waals surface area contributed by atoms with E-state index in [1.54, 1.807) is 0 Å². The van der Waals surface area contributed by atoms with Crippen LogP contribution in [0.5, 0.6) is 0 Å². The van der Waals surface area contributed by atoms with E-state index in [0.29, 0.717) is 0 Å². The molecule has 2 heteroatoms. The molecule has 0 amide bonds. The summed E-state index contributed by atoms with van der Waals surface area (Å²) in [5.41, 5.74) is 19.0. The minimum Gasteiger partial charge on any atom is -0.309 e. The van der Waals surface area contributed by atoms with Crippen molar-refractivity contribution in [2.75, 3.05) is 0 Å². The summed E-state index contributed by atoms with van der Waals surface area (Å²) >= 11 is 1.89. The third-order valence-corrected chi connectivity index (χ3v) is 16.9. The van der Waals surface area contributed by atoms with Gasteiger partial charge >= 0.3 is 0 Å². The van der Waals surface area contributed by atoms with Gasteiger partial charge in [0.1, 0.15) is 0 Å². The molecule has 0 atom stereocenters. The fraction of sp³-hybridized carbons (Fsp3) is 0.0149. The number of benzene rings is 12. The van der Waals surface area contributed by atoms with Crippen LogP contribution in [0.25, 0.3) is 124 Å². The number of nitrogens with zero attached hydrogens (tertiary/aromatic N) is 1. The number of para-hydroxylation sites is 1. The van der Waals surface area contributed by atoms with E-state index in [9.17, 15) is 0 Å². The average Bonchev–Trinajstić information content (AvgIpc) is 4.14. The van der Waals surface area contributed by atoms with Crippen LogP contribution in [0.4, 0.5) is 0 Å². The van der Waals surface area contributed by atoms with Crippen LogP contribution in [0, 0.1) is 0 Å². The first-order valence-corrected chi connectivity index (χ1v) is 24.8. The molecule has 0 fully saturated rings. The second-order valence-corrected chi connectivity index (χ2v) is 20.2. The lowest BCUT2D eigenvalue weighted by atomic mass is 9.70. The molecule has 2 aromatic heterocycles. The molecule has 0 N–H and O–H groups in total. The maximum atomic E-state index is 2.50. The van der Waals surface area contributed by atoms with E-state index in [1.807, 2.05) is 11.3 Å². The highest BCUT2D eigenvalue weighted by atomic mass is 32.1. The highest BCUT2D eigenvalue weighted by molar-refractivity contribution is 7.25. The minimum atomic E-state index is -0.361. The fourth-order valence-electron chi connectivity index (χ4n) is 12.9. The number of hydrogen-bond acceptors (Lipinski definition) is 1. The molecular formula is C67H39NS. The normalized spacial score (nSPS) is 13.3. The molecular weight excluding hydrogens is 851 g/mol. The Kier molecular flexibility index (Phi) is 7.49. The Morgan fingerprint density at radius 3 is 1.38 bits per heavy atom. The SMILES string of the molecule is c1ccc2c(c1)-c1ccccc1C21c2ccccc2-c2ccc(-c3ccc4sc5cc(-n6c7ccccc7c7cc(-c8ccc9c%10ccccc%10c%10ccccc%10c9c8)ccc76)ccc5c4c3)cc21. The summed E-state index contributed by atoms with van der Waals surface area (Å²) < 4.78 is 5.06. The number of fused-ring (bicyclic) bond motifs is 22. The minimum absolute atomic E-state index is 0.361. The standard InChI is InChI=1S/C67H39NS/c1-2-15-47-45(13-1)46-14-3-4-16-48(46)56-35-40(25-30-49(47)56)41-27-33-64-57(36-41)54-20-8-12-24-63(54)68(64)44-29-32-55-58-37-42(28-34-65(58)69-66(55)39-44)43-26-31-53-52-19-7-11-23-61(52)67(62(53)38-43)59-21-9-5-17-50(59)51-18-6-10-22-60(51)67/h1-39H. The summed E-state index contributed by atoms with van der Waals surface area (Å²) in [6.07, 6.45) is 0. The third kappa shape index (κ3) is 4.98. The Hall–Kier alpha value is -8.56. The van der Waals surface area contributed by atoms with E-state index >= 15 is 0 Å². The summed E-state index contributed by atoms with van der Waals surface area (Å²) in [6.45, 7) is 0. The molecule has 0 aliphatic heterocycles. The molecule has 14 aromatic rings. The first-order chi connectivity index (χ1) is 34.2. The second-order valence-electron chi connectivity index (χ2n) is 19.1. The molecule has 0 radical (unpaired) electrons. The van der Waals surface area contributed by atoms with Crippen LogP contribution in [0.3, 0.4) is 0 Å². The number of thiophene rings is 1. The van der Waals surface area contributed by atoms with E-state index in [2.05, 4.69) is 241 Å². The molecule has 16 rings (SSSR count). The monoisotopic (exact) mass is 889 g/mol. The first kappa shape index (κ1) is 37.5. The van der Waals surface area contributed by atoms with Gasteiger partial charge in [0, 0.05) is 36.6 Å². The summed E-state index contributed by atoms with van der Waals surface area (Å²) in [6, 6.07) is 89.2. The van der Waals surface area contributed by atoms with Crippen LogP contribution in [-0.4, -0.2) is 4.57 Å². The Balaban J connectivity index is 0.811. The van der Waals surface area contributed by atoms with Crippen molar-refractivity contribution in [1.29, 1.82) is 0 Å².